The lowest BCUT2D eigenvalue weighted by Crippen LogP contribution is -2.40. The van der Waals surface area contributed by atoms with Crippen LogP contribution in [-0.4, -0.2) is 44.6 Å². The predicted molar refractivity (Wildman–Crippen MR) is 120 cm³/mol. The molecule has 168 valence electrons. The molecule has 2 aromatic heterocycles. The van der Waals surface area contributed by atoms with E-state index in [1.54, 1.807) is 12.1 Å². The highest BCUT2D eigenvalue weighted by atomic mass is 19.1. The number of nitrogens with zero attached hydrogens (tertiary/aromatic N) is 4. The molecule has 1 aliphatic rings. The van der Waals surface area contributed by atoms with Gasteiger partial charge in [-0.3, -0.25) is 19.3 Å². The summed E-state index contributed by atoms with van der Waals surface area (Å²) in [6.45, 7) is 7.71. The Morgan fingerprint density at radius 3 is 2.69 bits per heavy atom. The van der Waals surface area contributed by atoms with Crippen molar-refractivity contribution >= 4 is 22.7 Å². The first-order valence-corrected chi connectivity index (χ1v) is 10.9. The zero-order chi connectivity index (χ0) is 23.0. The minimum Gasteiger partial charge on any atom is -0.366 e. The molecular formula is C24H28FN5O2. The third kappa shape index (κ3) is 4.22. The first-order chi connectivity index (χ1) is 15.2. The maximum Gasteiger partial charge on any atom is 0.250 e. The molecule has 7 nitrogen and oxygen atoms in total. The summed E-state index contributed by atoms with van der Waals surface area (Å²) in [5.41, 5.74) is 10.3. The van der Waals surface area contributed by atoms with E-state index in [1.807, 2.05) is 30.4 Å². The van der Waals surface area contributed by atoms with Gasteiger partial charge in [-0.1, -0.05) is 0 Å². The average molecular weight is 438 g/mol. The van der Waals surface area contributed by atoms with Crippen LogP contribution in [0.15, 0.2) is 24.3 Å². The molecule has 0 radical (unpaired) electrons. The second-order valence-corrected chi connectivity index (χ2v) is 8.57. The van der Waals surface area contributed by atoms with Crippen LogP contribution in [0.25, 0.3) is 10.9 Å². The van der Waals surface area contributed by atoms with Gasteiger partial charge in [0.1, 0.15) is 5.82 Å². The number of carbonyl (C=O) groups is 2. The predicted octanol–water partition coefficient (Wildman–Crippen LogP) is 3.39. The molecule has 1 atom stereocenters. The summed E-state index contributed by atoms with van der Waals surface area (Å²) in [5.74, 6) is -1.03. The van der Waals surface area contributed by atoms with E-state index in [0.29, 0.717) is 48.2 Å². The molecule has 0 spiro atoms. The summed E-state index contributed by atoms with van der Waals surface area (Å²) in [6, 6.07) is 5.90. The lowest BCUT2D eigenvalue weighted by molar-refractivity contribution is -0.132. The van der Waals surface area contributed by atoms with Crippen LogP contribution < -0.4 is 5.73 Å². The zero-order valence-corrected chi connectivity index (χ0v) is 18.7. The molecule has 32 heavy (non-hydrogen) atoms. The molecule has 3 heterocycles. The summed E-state index contributed by atoms with van der Waals surface area (Å²) in [4.78, 5) is 31.6. The number of hydrogen-bond acceptors (Lipinski definition) is 4. The Kier molecular flexibility index (Phi) is 5.95. The van der Waals surface area contributed by atoms with Crippen molar-refractivity contribution in [3.05, 3.63) is 58.3 Å². The van der Waals surface area contributed by atoms with Gasteiger partial charge in [0.25, 0.3) is 5.91 Å². The van der Waals surface area contributed by atoms with Crippen molar-refractivity contribution in [2.24, 2.45) is 5.73 Å². The molecule has 3 aromatic rings. The van der Waals surface area contributed by atoms with Crippen LogP contribution in [-0.2, 0) is 11.3 Å². The molecule has 1 saturated heterocycles. The van der Waals surface area contributed by atoms with Gasteiger partial charge in [0.2, 0.25) is 5.91 Å². The molecular weight excluding hydrogens is 409 g/mol. The number of benzene rings is 1. The van der Waals surface area contributed by atoms with E-state index in [2.05, 4.69) is 10.1 Å². The number of halogens is 1. The molecule has 8 heteroatoms. The standard InChI is InChI=1S/C24H28FN5O2/c1-14-15(2)28-30(16(14)3)10-8-22(31)29-9-4-5-17(13-29)23-20(24(26)32)12-18-11-19(25)6-7-21(18)27-23/h6-7,11-12,17H,4-5,8-10,13H2,1-3H3,(H2,26,32). The zero-order valence-electron chi connectivity index (χ0n) is 18.7. The van der Waals surface area contributed by atoms with E-state index in [-0.39, 0.29) is 11.8 Å². The van der Waals surface area contributed by atoms with E-state index in [4.69, 9.17) is 5.73 Å². The number of carbonyl (C=O) groups excluding carboxylic acids is 2. The number of piperidine rings is 1. The maximum atomic E-state index is 13.6. The molecule has 1 aromatic carbocycles. The van der Waals surface area contributed by atoms with Crippen LogP contribution >= 0.6 is 0 Å². The van der Waals surface area contributed by atoms with E-state index in [1.165, 1.54) is 12.1 Å². The van der Waals surface area contributed by atoms with Crippen LogP contribution in [0.4, 0.5) is 4.39 Å². The Balaban J connectivity index is 1.53. The molecule has 2 amide bonds. The third-order valence-corrected chi connectivity index (χ3v) is 6.51. The number of likely N-dealkylation sites (tertiary alicyclic amines) is 1. The van der Waals surface area contributed by atoms with Crippen molar-refractivity contribution < 1.29 is 14.0 Å². The minimum absolute atomic E-state index is 0.0587. The first-order valence-electron chi connectivity index (χ1n) is 10.9. The molecule has 1 fully saturated rings. The normalized spacial score (nSPS) is 16.5. The van der Waals surface area contributed by atoms with Gasteiger partial charge < -0.3 is 10.6 Å². The molecule has 0 aliphatic carbocycles. The van der Waals surface area contributed by atoms with Gasteiger partial charge in [0.15, 0.2) is 0 Å². The fourth-order valence-corrected chi connectivity index (χ4v) is 4.46. The number of hydrogen-bond donors (Lipinski definition) is 1. The summed E-state index contributed by atoms with van der Waals surface area (Å²) in [5, 5.41) is 5.05. The lowest BCUT2D eigenvalue weighted by atomic mass is 9.90. The summed E-state index contributed by atoms with van der Waals surface area (Å²) in [7, 11) is 0. The van der Waals surface area contributed by atoms with Gasteiger partial charge in [-0.2, -0.15) is 5.10 Å². The Morgan fingerprint density at radius 1 is 1.22 bits per heavy atom. The van der Waals surface area contributed by atoms with E-state index >= 15 is 0 Å². The summed E-state index contributed by atoms with van der Waals surface area (Å²) >= 11 is 0. The van der Waals surface area contributed by atoms with Gasteiger partial charge in [0.05, 0.1) is 22.5 Å². The quantitative estimate of drug-likeness (QED) is 0.662. The Hall–Kier alpha value is -3.29. The number of amides is 2. The number of aromatic nitrogens is 3. The SMILES string of the molecule is Cc1nn(CCC(=O)N2CCCC(c3nc4ccc(F)cc4cc3C(N)=O)C2)c(C)c1C. The van der Waals surface area contributed by atoms with Gasteiger partial charge in [-0.15, -0.1) is 0 Å². The second kappa shape index (κ2) is 8.68. The van der Waals surface area contributed by atoms with E-state index < -0.39 is 11.7 Å². The van der Waals surface area contributed by atoms with Gasteiger partial charge in [-0.25, -0.2) is 4.39 Å². The van der Waals surface area contributed by atoms with Crippen molar-refractivity contribution in [3.8, 4) is 0 Å². The molecule has 4 rings (SSSR count). The smallest absolute Gasteiger partial charge is 0.250 e. The highest BCUT2D eigenvalue weighted by molar-refractivity contribution is 5.97. The summed E-state index contributed by atoms with van der Waals surface area (Å²) in [6.07, 6.45) is 1.98. The number of aryl methyl sites for hydroxylation is 2. The molecule has 1 unspecified atom stereocenters. The fourth-order valence-electron chi connectivity index (χ4n) is 4.46. The van der Waals surface area contributed by atoms with Crippen molar-refractivity contribution in [2.45, 2.75) is 52.5 Å². The number of fused-ring (bicyclic) bond motifs is 1. The molecule has 1 aliphatic heterocycles. The van der Waals surface area contributed by atoms with Crippen LogP contribution in [0.5, 0.6) is 0 Å². The van der Waals surface area contributed by atoms with Gasteiger partial charge in [-0.05, 0) is 63.4 Å². The van der Waals surface area contributed by atoms with Crippen molar-refractivity contribution in [3.63, 3.8) is 0 Å². The Bertz CT molecular complexity index is 1200. The largest absolute Gasteiger partial charge is 0.366 e. The van der Waals surface area contributed by atoms with Crippen LogP contribution in [0.3, 0.4) is 0 Å². The minimum atomic E-state index is -0.595. The topological polar surface area (TPSA) is 94.1 Å². The van der Waals surface area contributed by atoms with Crippen molar-refractivity contribution in [2.75, 3.05) is 13.1 Å². The van der Waals surface area contributed by atoms with Crippen LogP contribution in [0.1, 0.15) is 58.2 Å². The van der Waals surface area contributed by atoms with Crippen molar-refractivity contribution in [1.29, 1.82) is 0 Å². The highest BCUT2D eigenvalue weighted by Crippen LogP contribution is 2.30. The highest BCUT2D eigenvalue weighted by Gasteiger charge is 2.28. The van der Waals surface area contributed by atoms with Crippen LogP contribution in [0, 0.1) is 26.6 Å². The Morgan fingerprint density at radius 2 is 2.00 bits per heavy atom. The van der Waals surface area contributed by atoms with Gasteiger partial charge >= 0.3 is 0 Å². The lowest BCUT2D eigenvalue weighted by Gasteiger charge is -2.33. The molecule has 0 saturated carbocycles. The number of pyridine rings is 1. The number of primary amides is 1. The van der Waals surface area contributed by atoms with E-state index in [0.717, 1.165) is 29.8 Å². The Labute approximate surface area is 186 Å². The van der Waals surface area contributed by atoms with Crippen molar-refractivity contribution in [1.82, 2.24) is 19.7 Å². The van der Waals surface area contributed by atoms with Crippen LogP contribution in [0.2, 0.25) is 0 Å². The summed E-state index contributed by atoms with van der Waals surface area (Å²) < 4.78 is 15.5. The maximum absolute atomic E-state index is 13.6. The third-order valence-electron chi connectivity index (χ3n) is 6.51. The van der Waals surface area contributed by atoms with E-state index in [9.17, 15) is 14.0 Å². The number of rotatable bonds is 5. The second-order valence-electron chi connectivity index (χ2n) is 8.57. The fraction of sp³-hybridized carbons (Fsp3) is 0.417. The number of nitrogens with two attached hydrogens (primary N) is 1. The first kappa shape index (κ1) is 21.9. The molecule has 2 N–H and O–H groups in total. The molecule has 0 bridgehead atoms. The monoisotopic (exact) mass is 437 g/mol. The average Bonchev–Trinajstić information content (AvgIpc) is 3.03. The van der Waals surface area contributed by atoms with Gasteiger partial charge in [0, 0.05) is 43.1 Å².